The number of nitrogens with one attached hydrogen (secondary N) is 1. The third-order valence-corrected chi connectivity index (χ3v) is 1.67. The van der Waals surface area contributed by atoms with Crippen LogP contribution in [0.1, 0.15) is 11.1 Å². The second-order valence-corrected chi connectivity index (χ2v) is 2.76. The predicted octanol–water partition coefficient (Wildman–Crippen LogP) is 1.41. The Morgan fingerprint density at radius 2 is 1.87 bits per heavy atom. The van der Waals surface area contributed by atoms with E-state index in [0.717, 1.165) is 12.1 Å². The second-order valence-electron chi connectivity index (χ2n) is 2.76. The van der Waals surface area contributed by atoms with Crippen molar-refractivity contribution in [3.05, 3.63) is 34.9 Å². The zero-order valence-corrected chi connectivity index (χ0v) is 8.06. The maximum atomic E-state index is 13.2. The highest BCUT2D eigenvalue weighted by atomic mass is 19.1. The van der Waals surface area contributed by atoms with Crippen LogP contribution in [0, 0.1) is 34.8 Å². The number of rotatable bonds is 1. The molecule has 0 bridgehead atoms. The largest absolute Gasteiger partial charge is 0.309 e. The van der Waals surface area contributed by atoms with E-state index in [4.69, 9.17) is 5.26 Å². The lowest BCUT2D eigenvalue weighted by molar-refractivity contribution is 0.594. The average Bonchev–Trinajstić information content (AvgIpc) is 2.23. The summed E-state index contributed by atoms with van der Waals surface area (Å²) < 4.78 is 26.3. The molecule has 0 amide bonds. The van der Waals surface area contributed by atoms with Gasteiger partial charge < -0.3 is 5.32 Å². The third-order valence-electron chi connectivity index (χ3n) is 1.67. The van der Waals surface area contributed by atoms with Crippen LogP contribution in [0.4, 0.5) is 8.78 Å². The molecule has 0 aliphatic rings. The van der Waals surface area contributed by atoms with E-state index in [1.54, 1.807) is 13.1 Å². The molecule has 0 spiro atoms. The van der Waals surface area contributed by atoms with Crippen molar-refractivity contribution in [2.75, 3.05) is 13.6 Å². The highest BCUT2D eigenvalue weighted by Crippen LogP contribution is 2.13. The highest BCUT2D eigenvalue weighted by Gasteiger charge is 2.07. The number of nitrogens with zero attached hydrogens (tertiary/aromatic N) is 1. The minimum absolute atomic E-state index is 0.0400. The zero-order chi connectivity index (χ0) is 11.3. The molecule has 0 saturated carbocycles. The molecule has 0 heterocycles. The van der Waals surface area contributed by atoms with Crippen LogP contribution >= 0.6 is 0 Å². The van der Waals surface area contributed by atoms with Crippen molar-refractivity contribution < 1.29 is 8.78 Å². The Morgan fingerprint density at radius 3 is 2.47 bits per heavy atom. The summed E-state index contributed by atoms with van der Waals surface area (Å²) in [6.45, 7) is 0.390. The van der Waals surface area contributed by atoms with Crippen LogP contribution in [0.3, 0.4) is 0 Å². The van der Waals surface area contributed by atoms with Crippen molar-refractivity contribution in [2.24, 2.45) is 0 Å². The molecular weight excluding hydrogens is 198 g/mol. The second kappa shape index (κ2) is 5.09. The van der Waals surface area contributed by atoms with Gasteiger partial charge >= 0.3 is 0 Å². The molecule has 0 aliphatic carbocycles. The lowest BCUT2D eigenvalue weighted by atomic mass is 10.1. The molecule has 0 aliphatic heterocycles. The lowest BCUT2D eigenvalue weighted by Crippen LogP contribution is -2.04. The molecule has 4 heteroatoms. The smallest absolute Gasteiger partial charge is 0.142 e. The molecule has 76 valence electrons. The van der Waals surface area contributed by atoms with Crippen molar-refractivity contribution in [2.45, 2.75) is 0 Å². The third kappa shape index (κ3) is 2.77. The fraction of sp³-hybridized carbons (Fsp3) is 0.182. The van der Waals surface area contributed by atoms with Crippen molar-refractivity contribution >= 4 is 0 Å². The quantitative estimate of drug-likeness (QED) is 0.705. The number of hydrogen-bond donors (Lipinski definition) is 1. The molecule has 1 N–H and O–H groups in total. The summed E-state index contributed by atoms with van der Waals surface area (Å²) >= 11 is 0. The molecule has 0 atom stereocenters. The van der Waals surface area contributed by atoms with Gasteiger partial charge in [-0.3, -0.25) is 0 Å². The summed E-state index contributed by atoms with van der Waals surface area (Å²) in [5.74, 6) is 3.63. The van der Waals surface area contributed by atoms with Crippen LogP contribution in [-0.4, -0.2) is 13.6 Å². The van der Waals surface area contributed by atoms with Crippen molar-refractivity contribution in [3.8, 4) is 17.9 Å². The van der Waals surface area contributed by atoms with Gasteiger partial charge in [0.05, 0.1) is 17.7 Å². The Morgan fingerprint density at radius 1 is 1.27 bits per heavy atom. The van der Waals surface area contributed by atoms with E-state index in [2.05, 4.69) is 17.2 Å². The van der Waals surface area contributed by atoms with Gasteiger partial charge in [-0.15, -0.1) is 0 Å². The normalized spacial score (nSPS) is 8.93. The lowest BCUT2D eigenvalue weighted by Gasteiger charge is -1.96. The first-order chi connectivity index (χ1) is 7.19. The van der Waals surface area contributed by atoms with E-state index in [9.17, 15) is 8.78 Å². The Labute approximate surface area is 86.5 Å². The fourth-order valence-electron chi connectivity index (χ4n) is 0.956. The van der Waals surface area contributed by atoms with Crippen LogP contribution in [-0.2, 0) is 0 Å². The van der Waals surface area contributed by atoms with E-state index in [1.807, 2.05) is 0 Å². The van der Waals surface area contributed by atoms with Gasteiger partial charge in [-0.1, -0.05) is 11.8 Å². The summed E-state index contributed by atoms with van der Waals surface area (Å²) in [6, 6.07) is 3.33. The van der Waals surface area contributed by atoms with Crippen LogP contribution in [0.5, 0.6) is 0 Å². The Balaban J connectivity index is 3.08. The Bertz CT molecular complexity index is 464. The van der Waals surface area contributed by atoms with Gasteiger partial charge in [0.25, 0.3) is 0 Å². The predicted molar refractivity (Wildman–Crippen MR) is 51.9 cm³/mol. The summed E-state index contributed by atoms with van der Waals surface area (Å²) in [7, 11) is 1.70. The minimum Gasteiger partial charge on any atom is -0.309 e. The molecule has 0 radical (unpaired) electrons. The summed E-state index contributed by atoms with van der Waals surface area (Å²) in [4.78, 5) is 0. The fourth-order valence-corrected chi connectivity index (χ4v) is 0.956. The van der Waals surface area contributed by atoms with Gasteiger partial charge in [0.2, 0.25) is 0 Å². The average molecular weight is 206 g/mol. The number of halogens is 2. The van der Waals surface area contributed by atoms with Gasteiger partial charge in [0.15, 0.2) is 0 Å². The summed E-state index contributed by atoms with van der Waals surface area (Å²) in [5.41, 5.74) is -0.353. The van der Waals surface area contributed by atoms with Crippen molar-refractivity contribution in [3.63, 3.8) is 0 Å². The van der Waals surface area contributed by atoms with Gasteiger partial charge in [0, 0.05) is 0 Å². The standard InChI is InChI=1S/C11H8F2N2/c1-15-4-2-3-8-5-11(13)9(7-14)6-10(8)12/h5-6,15H,4H2,1H3. The first-order valence-corrected chi connectivity index (χ1v) is 4.21. The molecule has 0 saturated heterocycles. The SMILES string of the molecule is CNCC#Cc1cc(F)c(C#N)cc1F. The summed E-state index contributed by atoms with van der Waals surface area (Å²) in [5, 5.41) is 11.2. The number of benzene rings is 1. The van der Waals surface area contributed by atoms with Crippen molar-refractivity contribution in [1.82, 2.24) is 5.32 Å². The van der Waals surface area contributed by atoms with Crippen molar-refractivity contribution in [1.29, 1.82) is 5.26 Å². The maximum absolute atomic E-state index is 13.2. The molecule has 2 nitrogen and oxygen atoms in total. The van der Waals surface area contributed by atoms with Crippen LogP contribution < -0.4 is 5.32 Å². The molecule has 0 aromatic heterocycles. The van der Waals surface area contributed by atoms with Crippen LogP contribution in [0.2, 0.25) is 0 Å². The molecule has 15 heavy (non-hydrogen) atoms. The van der Waals surface area contributed by atoms with E-state index < -0.39 is 11.6 Å². The summed E-state index contributed by atoms with van der Waals surface area (Å²) in [6.07, 6.45) is 0. The van der Waals surface area contributed by atoms with Crippen LogP contribution in [0.15, 0.2) is 12.1 Å². The van der Waals surface area contributed by atoms with E-state index in [0.29, 0.717) is 6.54 Å². The highest BCUT2D eigenvalue weighted by molar-refractivity contribution is 5.42. The zero-order valence-electron chi connectivity index (χ0n) is 8.06. The number of nitriles is 1. The molecule has 1 aromatic carbocycles. The van der Waals surface area contributed by atoms with E-state index >= 15 is 0 Å². The Hall–Kier alpha value is -1.91. The monoisotopic (exact) mass is 206 g/mol. The molecule has 1 rings (SSSR count). The molecule has 0 fully saturated rings. The van der Waals surface area contributed by atoms with Gasteiger partial charge in [-0.05, 0) is 19.2 Å². The molecular formula is C11H8F2N2. The van der Waals surface area contributed by atoms with Crippen LogP contribution in [0.25, 0.3) is 0 Å². The molecule has 0 unspecified atom stereocenters. The van der Waals surface area contributed by atoms with Gasteiger partial charge in [-0.2, -0.15) is 5.26 Å². The topological polar surface area (TPSA) is 35.8 Å². The van der Waals surface area contributed by atoms with Gasteiger partial charge in [0.1, 0.15) is 17.7 Å². The first kappa shape index (κ1) is 11.2. The van der Waals surface area contributed by atoms with E-state index in [-0.39, 0.29) is 11.1 Å². The number of hydrogen-bond acceptors (Lipinski definition) is 2. The van der Waals surface area contributed by atoms with Gasteiger partial charge in [-0.25, -0.2) is 8.78 Å². The van der Waals surface area contributed by atoms with E-state index in [1.165, 1.54) is 0 Å². The minimum atomic E-state index is -0.757. The first-order valence-electron chi connectivity index (χ1n) is 4.21. The Kier molecular flexibility index (Phi) is 3.79. The maximum Gasteiger partial charge on any atom is 0.142 e. The molecule has 1 aromatic rings.